The van der Waals surface area contributed by atoms with Crippen LogP contribution in [0, 0.1) is 22.7 Å². The number of hydrogen-bond acceptors (Lipinski definition) is 9. The van der Waals surface area contributed by atoms with E-state index in [2.05, 4.69) is 13.8 Å². The van der Waals surface area contributed by atoms with Crippen LogP contribution in [0.25, 0.3) is 0 Å². The van der Waals surface area contributed by atoms with E-state index in [1.54, 1.807) is 6.92 Å². The van der Waals surface area contributed by atoms with Gasteiger partial charge in [-0.2, -0.15) is 0 Å². The number of fused-ring (bicyclic) bond motifs is 1. The standard InChI is InChI=1S/C21H38O9/c1-19(2)6-5-13(30-18-16(27)15(26)14(25)11(8-22)29-18)21(4)12(9-23)20(3,28)7-10(24)17(19)21/h10-18,22-28H,5-9H2,1-4H3/t10-,11-,12+,13+,14-,15+,16-,17?,18+,20-,21+/m1/s1. The van der Waals surface area contributed by atoms with Gasteiger partial charge in [-0.25, -0.2) is 0 Å². The van der Waals surface area contributed by atoms with Crippen LogP contribution in [0.4, 0.5) is 0 Å². The number of aliphatic hydroxyl groups excluding tert-OH is 6. The molecule has 2 saturated carbocycles. The van der Waals surface area contributed by atoms with Crippen LogP contribution < -0.4 is 0 Å². The van der Waals surface area contributed by atoms with Crippen molar-refractivity contribution in [1.29, 1.82) is 0 Å². The van der Waals surface area contributed by atoms with E-state index >= 15 is 0 Å². The zero-order chi connectivity index (χ0) is 22.6. The van der Waals surface area contributed by atoms with Crippen LogP contribution in [-0.4, -0.2) is 97.5 Å². The molecule has 9 heteroatoms. The first-order valence-corrected chi connectivity index (χ1v) is 10.8. The summed E-state index contributed by atoms with van der Waals surface area (Å²) < 4.78 is 11.7. The third-order valence-corrected chi connectivity index (χ3v) is 8.09. The predicted molar refractivity (Wildman–Crippen MR) is 105 cm³/mol. The van der Waals surface area contributed by atoms with E-state index in [1.807, 2.05) is 6.92 Å². The van der Waals surface area contributed by atoms with Crippen molar-refractivity contribution >= 4 is 0 Å². The van der Waals surface area contributed by atoms with Crippen molar-refractivity contribution in [2.45, 2.75) is 95.5 Å². The lowest BCUT2D eigenvalue weighted by Gasteiger charge is -2.65. The van der Waals surface area contributed by atoms with Crippen LogP contribution in [0.1, 0.15) is 47.0 Å². The Kier molecular flexibility index (Phi) is 6.64. The number of hydrogen-bond donors (Lipinski definition) is 7. The van der Waals surface area contributed by atoms with Crippen molar-refractivity contribution in [3.63, 3.8) is 0 Å². The molecule has 0 aromatic carbocycles. The Balaban J connectivity index is 1.96. The molecule has 0 aromatic rings. The summed E-state index contributed by atoms with van der Waals surface area (Å²) in [5.74, 6) is -0.904. The topological polar surface area (TPSA) is 160 Å². The molecule has 0 radical (unpaired) electrons. The molecule has 176 valence electrons. The van der Waals surface area contributed by atoms with Gasteiger partial charge in [0.1, 0.15) is 24.4 Å². The number of ether oxygens (including phenoxy) is 2. The minimum absolute atomic E-state index is 0.134. The fraction of sp³-hybridized carbons (Fsp3) is 1.00. The van der Waals surface area contributed by atoms with Crippen LogP contribution in [0.5, 0.6) is 0 Å². The summed E-state index contributed by atoms with van der Waals surface area (Å²) in [6.07, 6.45) is -7.06. The molecule has 3 rings (SSSR count). The lowest BCUT2D eigenvalue weighted by Crippen LogP contribution is -2.69. The second kappa shape index (κ2) is 8.20. The smallest absolute Gasteiger partial charge is 0.186 e. The molecule has 2 aliphatic carbocycles. The van der Waals surface area contributed by atoms with Gasteiger partial charge in [-0.15, -0.1) is 0 Å². The summed E-state index contributed by atoms with van der Waals surface area (Å²) in [7, 11) is 0. The number of aliphatic hydroxyl groups is 7. The van der Waals surface area contributed by atoms with Crippen molar-refractivity contribution in [3.8, 4) is 0 Å². The summed E-state index contributed by atoms with van der Waals surface area (Å²) in [6, 6.07) is 0. The predicted octanol–water partition coefficient (Wildman–Crippen LogP) is -1.26. The highest BCUT2D eigenvalue weighted by atomic mass is 16.7. The van der Waals surface area contributed by atoms with E-state index in [4.69, 9.17) is 9.47 Å². The summed E-state index contributed by atoms with van der Waals surface area (Å²) in [6.45, 7) is 6.72. The highest BCUT2D eigenvalue weighted by Gasteiger charge is 2.65. The zero-order valence-electron chi connectivity index (χ0n) is 18.2. The molecule has 1 aliphatic heterocycles. The molecule has 1 unspecified atom stereocenters. The molecule has 3 aliphatic rings. The fourth-order valence-electron chi connectivity index (χ4n) is 6.69. The van der Waals surface area contributed by atoms with Crippen LogP contribution >= 0.6 is 0 Å². The highest BCUT2D eigenvalue weighted by molar-refractivity contribution is 5.14. The first-order chi connectivity index (χ1) is 13.8. The van der Waals surface area contributed by atoms with Gasteiger partial charge in [-0.05, 0) is 31.1 Å². The maximum atomic E-state index is 11.0. The Morgan fingerprint density at radius 3 is 2.13 bits per heavy atom. The molecular weight excluding hydrogens is 396 g/mol. The minimum atomic E-state index is -1.56. The van der Waals surface area contributed by atoms with Gasteiger partial charge in [-0.1, -0.05) is 20.8 Å². The number of rotatable bonds is 4. The second-order valence-corrected chi connectivity index (χ2v) is 10.6. The normalized spacial score (nSPS) is 53.9. The third kappa shape index (κ3) is 3.72. The summed E-state index contributed by atoms with van der Waals surface area (Å²) >= 11 is 0. The van der Waals surface area contributed by atoms with Crippen LogP contribution in [0.3, 0.4) is 0 Å². The Morgan fingerprint density at radius 1 is 0.933 bits per heavy atom. The first-order valence-electron chi connectivity index (χ1n) is 10.8. The van der Waals surface area contributed by atoms with Gasteiger partial charge in [0.15, 0.2) is 6.29 Å². The van der Waals surface area contributed by atoms with Gasteiger partial charge in [0.25, 0.3) is 0 Å². The van der Waals surface area contributed by atoms with Gasteiger partial charge in [-0.3, -0.25) is 0 Å². The lowest BCUT2D eigenvalue weighted by atomic mass is 9.44. The zero-order valence-corrected chi connectivity index (χ0v) is 18.2. The van der Waals surface area contributed by atoms with E-state index < -0.39 is 66.5 Å². The third-order valence-electron chi connectivity index (χ3n) is 8.09. The van der Waals surface area contributed by atoms with Crippen molar-refractivity contribution in [3.05, 3.63) is 0 Å². The average Bonchev–Trinajstić information content (AvgIpc) is 2.62. The molecule has 0 spiro atoms. The summed E-state index contributed by atoms with van der Waals surface area (Å²) in [4.78, 5) is 0. The van der Waals surface area contributed by atoms with Crippen molar-refractivity contribution in [2.24, 2.45) is 22.7 Å². The van der Waals surface area contributed by atoms with E-state index in [-0.39, 0.29) is 24.4 Å². The molecule has 1 heterocycles. The summed E-state index contributed by atoms with van der Waals surface area (Å²) in [5.41, 5.74) is -2.48. The van der Waals surface area contributed by atoms with E-state index in [0.717, 1.165) is 0 Å². The Bertz CT molecular complexity index is 607. The van der Waals surface area contributed by atoms with Crippen molar-refractivity contribution in [1.82, 2.24) is 0 Å². The molecule has 30 heavy (non-hydrogen) atoms. The maximum Gasteiger partial charge on any atom is 0.186 e. The van der Waals surface area contributed by atoms with E-state index in [0.29, 0.717) is 12.8 Å². The van der Waals surface area contributed by atoms with Gasteiger partial charge in [0, 0.05) is 24.4 Å². The molecule has 11 atom stereocenters. The molecule has 0 aromatic heterocycles. The van der Waals surface area contributed by atoms with Gasteiger partial charge >= 0.3 is 0 Å². The quantitative estimate of drug-likeness (QED) is 0.286. The molecular formula is C21H38O9. The second-order valence-electron chi connectivity index (χ2n) is 10.6. The van der Waals surface area contributed by atoms with Crippen molar-refractivity contribution < 1.29 is 45.2 Å². The average molecular weight is 435 g/mol. The first kappa shape index (κ1) is 24.3. The monoisotopic (exact) mass is 434 g/mol. The van der Waals surface area contributed by atoms with Crippen LogP contribution in [0.2, 0.25) is 0 Å². The molecule has 0 amide bonds. The Morgan fingerprint density at radius 2 is 1.57 bits per heavy atom. The fourth-order valence-corrected chi connectivity index (χ4v) is 6.69. The lowest BCUT2D eigenvalue weighted by molar-refractivity contribution is -0.343. The Hall–Kier alpha value is -0.360. The van der Waals surface area contributed by atoms with Gasteiger partial charge < -0.3 is 45.2 Å². The van der Waals surface area contributed by atoms with Crippen LogP contribution in [-0.2, 0) is 9.47 Å². The van der Waals surface area contributed by atoms with Crippen molar-refractivity contribution in [2.75, 3.05) is 13.2 Å². The minimum Gasteiger partial charge on any atom is -0.396 e. The molecule has 1 saturated heterocycles. The van der Waals surface area contributed by atoms with E-state index in [9.17, 15) is 35.7 Å². The highest BCUT2D eigenvalue weighted by Crippen LogP contribution is 2.62. The maximum absolute atomic E-state index is 11.0. The van der Waals surface area contributed by atoms with Gasteiger partial charge in [0.2, 0.25) is 0 Å². The molecule has 7 N–H and O–H groups in total. The SMILES string of the molecule is CC1(C)CC[C@H](O[C@@H]2O[C@H](CO)[C@@H](O)[C@H](O)[C@H]2O)[C@@]2(C)C1[C@H](O)C[C@@](C)(O)[C@@H]2CO. The van der Waals surface area contributed by atoms with Gasteiger partial charge in [0.05, 0.1) is 24.4 Å². The van der Waals surface area contributed by atoms with Crippen LogP contribution in [0.15, 0.2) is 0 Å². The van der Waals surface area contributed by atoms with E-state index in [1.165, 1.54) is 0 Å². The molecule has 0 bridgehead atoms. The molecule has 9 nitrogen and oxygen atoms in total. The summed E-state index contributed by atoms with van der Waals surface area (Å²) in [5, 5.41) is 72.3. The largest absolute Gasteiger partial charge is 0.396 e. The molecule has 3 fully saturated rings. The Labute approximate surface area is 177 Å².